The van der Waals surface area contributed by atoms with E-state index in [1.165, 1.54) is 27.5 Å². The monoisotopic (exact) mass is 508 g/mol. The van der Waals surface area contributed by atoms with Crippen LogP contribution in [0.4, 0.5) is 0 Å². The molecule has 5 heteroatoms. The van der Waals surface area contributed by atoms with Crippen molar-refractivity contribution >= 4 is 16.7 Å². The second-order valence-electron chi connectivity index (χ2n) is 10.3. The molecule has 2 N–H and O–H groups in total. The maximum atomic E-state index is 10.8. The number of carbonyl (C=O) groups is 1. The highest BCUT2D eigenvalue weighted by Crippen LogP contribution is 2.34. The van der Waals surface area contributed by atoms with E-state index in [0.717, 1.165) is 32.6 Å². The largest absolute Gasteiger partial charge is 0.482 e. The van der Waals surface area contributed by atoms with Crippen LogP contribution in [0.1, 0.15) is 42.0 Å². The molecule has 4 aromatic carbocycles. The van der Waals surface area contributed by atoms with Crippen LogP contribution in [0.3, 0.4) is 0 Å². The predicted molar refractivity (Wildman–Crippen MR) is 153 cm³/mol. The third-order valence-corrected chi connectivity index (χ3v) is 7.71. The lowest BCUT2D eigenvalue weighted by molar-refractivity contribution is -0.139. The second kappa shape index (κ2) is 12.2. The van der Waals surface area contributed by atoms with Gasteiger partial charge in [0.1, 0.15) is 5.75 Å². The van der Waals surface area contributed by atoms with E-state index >= 15 is 0 Å². The van der Waals surface area contributed by atoms with Gasteiger partial charge in [0.25, 0.3) is 0 Å². The molecule has 0 spiro atoms. The molecule has 1 aliphatic heterocycles. The fraction of sp³-hybridized carbons (Fsp3) is 0.303. The van der Waals surface area contributed by atoms with Crippen LogP contribution in [0, 0.1) is 5.92 Å². The lowest BCUT2D eigenvalue weighted by atomic mass is 9.80. The summed E-state index contributed by atoms with van der Waals surface area (Å²) >= 11 is 0. The highest BCUT2D eigenvalue weighted by molar-refractivity contribution is 5.86. The zero-order valence-electron chi connectivity index (χ0n) is 21.9. The zero-order valence-corrected chi connectivity index (χ0v) is 21.9. The highest BCUT2D eigenvalue weighted by atomic mass is 16.5. The molecule has 3 atom stereocenters. The van der Waals surface area contributed by atoms with Gasteiger partial charge in [0.2, 0.25) is 0 Å². The van der Waals surface area contributed by atoms with Crippen LogP contribution < -0.4 is 10.1 Å². The molecule has 0 radical (unpaired) electrons. The number of hydrogen-bond donors (Lipinski definition) is 2. The number of benzene rings is 4. The van der Waals surface area contributed by atoms with Gasteiger partial charge in [-0.1, -0.05) is 84.9 Å². The van der Waals surface area contributed by atoms with E-state index in [0.29, 0.717) is 17.6 Å². The Labute approximate surface area is 225 Å². The lowest BCUT2D eigenvalue weighted by Crippen LogP contribution is -2.43. The molecule has 38 heavy (non-hydrogen) atoms. The van der Waals surface area contributed by atoms with Crippen molar-refractivity contribution in [3.63, 3.8) is 0 Å². The van der Waals surface area contributed by atoms with Crippen molar-refractivity contribution in [2.45, 2.75) is 31.8 Å². The van der Waals surface area contributed by atoms with Gasteiger partial charge in [0, 0.05) is 25.7 Å². The van der Waals surface area contributed by atoms with E-state index < -0.39 is 5.97 Å². The van der Waals surface area contributed by atoms with Gasteiger partial charge in [-0.15, -0.1) is 0 Å². The van der Waals surface area contributed by atoms with Crippen molar-refractivity contribution in [1.29, 1.82) is 0 Å². The van der Waals surface area contributed by atoms with Crippen LogP contribution in [0.2, 0.25) is 0 Å². The fourth-order valence-electron chi connectivity index (χ4n) is 5.76. The average Bonchev–Trinajstić information content (AvgIpc) is 2.96. The normalized spacial score (nSPS) is 18.8. The number of piperidine rings is 1. The van der Waals surface area contributed by atoms with E-state index in [2.05, 4.69) is 89.9 Å². The summed E-state index contributed by atoms with van der Waals surface area (Å²) in [7, 11) is 0. The van der Waals surface area contributed by atoms with Gasteiger partial charge >= 0.3 is 5.97 Å². The molecule has 0 saturated carbocycles. The highest BCUT2D eigenvalue weighted by Gasteiger charge is 2.30. The van der Waals surface area contributed by atoms with Crippen molar-refractivity contribution in [3.8, 4) is 5.75 Å². The smallest absolute Gasteiger partial charge is 0.341 e. The Kier molecular flexibility index (Phi) is 8.37. The molecule has 1 aliphatic rings. The van der Waals surface area contributed by atoms with Gasteiger partial charge in [0.05, 0.1) is 0 Å². The van der Waals surface area contributed by atoms with E-state index in [1.54, 1.807) is 0 Å². The van der Waals surface area contributed by atoms with Gasteiger partial charge in [0.15, 0.2) is 6.61 Å². The summed E-state index contributed by atoms with van der Waals surface area (Å²) < 4.78 is 5.29. The van der Waals surface area contributed by atoms with Gasteiger partial charge in [-0.25, -0.2) is 4.79 Å². The number of fused-ring (bicyclic) bond motifs is 1. The molecular formula is C33H36N2O3. The number of carboxylic acids is 1. The molecule has 5 nitrogen and oxygen atoms in total. The second-order valence-corrected chi connectivity index (χ2v) is 10.3. The molecule has 5 rings (SSSR count). The minimum Gasteiger partial charge on any atom is -0.482 e. The van der Waals surface area contributed by atoms with Gasteiger partial charge < -0.3 is 15.2 Å². The Morgan fingerprint density at radius 1 is 0.974 bits per heavy atom. The number of hydrogen-bond acceptors (Lipinski definition) is 4. The molecular weight excluding hydrogens is 472 g/mol. The third kappa shape index (κ3) is 6.42. The molecule has 0 aromatic heterocycles. The first-order valence-corrected chi connectivity index (χ1v) is 13.5. The van der Waals surface area contributed by atoms with Crippen LogP contribution in [-0.4, -0.2) is 42.2 Å². The SMILES string of the molecule is C[C@@H](NCC1CN(Cc2ccc(OCC(=O)O)cc2)CCC1c1ccccc1)c1cccc2ccccc12. The summed E-state index contributed by atoms with van der Waals surface area (Å²) in [6, 6.07) is 34.2. The molecule has 4 aromatic rings. The van der Waals surface area contributed by atoms with Crippen LogP contribution in [-0.2, 0) is 11.3 Å². The zero-order chi connectivity index (χ0) is 26.3. The molecule has 1 heterocycles. The van der Waals surface area contributed by atoms with Crippen molar-refractivity contribution in [2.24, 2.45) is 5.92 Å². The Bertz CT molecular complexity index is 1330. The van der Waals surface area contributed by atoms with Crippen LogP contribution in [0.15, 0.2) is 97.1 Å². The Hall–Kier alpha value is -3.67. The van der Waals surface area contributed by atoms with Gasteiger partial charge in [-0.2, -0.15) is 0 Å². The molecule has 1 fully saturated rings. The molecule has 0 bridgehead atoms. The summed E-state index contributed by atoms with van der Waals surface area (Å²) in [4.78, 5) is 13.3. The predicted octanol–water partition coefficient (Wildman–Crippen LogP) is 6.26. The number of nitrogens with zero attached hydrogens (tertiary/aromatic N) is 1. The Morgan fingerprint density at radius 2 is 1.71 bits per heavy atom. The molecule has 0 amide bonds. The molecule has 1 saturated heterocycles. The number of nitrogens with one attached hydrogen (secondary N) is 1. The summed E-state index contributed by atoms with van der Waals surface area (Å²) in [5.74, 6) is 0.626. The van der Waals surface area contributed by atoms with Crippen LogP contribution in [0.25, 0.3) is 10.8 Å². The van der Waals surface area contributed by atoms with E-state index in [4.69, 9.17) is 9.84 Å². The quantitative estimate of drug-likeness (QED) is 0.265. The van der Waals surface area contributed by atoms with E-state index in [9.17, 15) is 4.79 Å². The maximum absolute atomic E-state index is 10.8. The van der Waals surface area contributed by atoms with Crippen LogP contribution in [0.5, 0.6) is 5.75 Å². The number of rotatable bonds is 10. The van der Waals surface area contributed by atoms with Crippen molar-refractivity contribution in [3.05, 3.63) is 114 Å². The maximum Gasteiger partial charge on any atom is 0.341 e. The number of ether oxygens (including phenoxy) is 1. The minimum atomic E-state index is -0.968. The van der Waals surface area contributed by atoms with Crippen molar-refractivity contribution in [1.82, 2.24) is 10.2 Å². The standard InChI is InChI=1S/C33H36N2O3/c1-24(30-13-7-11-27-10-5-6-12-32(27)30)34-20-28-22-35(19-18-31(28)26-8-3-2-4-9-26)21-25-14-16-29(17-15-25)38-23-33(36)37/h2-17,24,28,31,34H,18-23H2,1H3,(H,36,37)/t24-,28?,31?/m1/s1. The first kappa shape index (κ1) is 26.0. The summed E-state index contributed by atoms with van der Waals surface area (Å²) in [5.41, 5.74) is 3.98. The van der Waals surface area contributed by atoms with Gasteiger partial charge in [-0.05, 0) is 71.3 Å². The lowest BCUT2D eigenvalue weighted by Gasteiger charge is -2.39. The van der Waals surface area contributed by atoms with Crippen molar-refractivity contribution < 1.29 is 14.6 Å². The molecule has 196 valence electrons. The fourth-order valence-corrected chi connectivity index (χ4v) is 5.76. The molecule has 0 aliphatic carbocycles. The summed E-state index contributed by atoms with van der Waals surface area (Å²) in [5, 5.41) is 15.3. The average molecular weight is 509 g/mol. The first-order chi connectivity index (χ1) is 18.6. The number of carboxylic acid groups (broad SMARTS) is 1. The summed E-state index contributed by atoms with van der Waals surface area (Å²) in [6.07, 6.45) is 1.12. The Balaban J connectivity index is 1.27. The topological polar surface area (TPSA) is 61.8 Å². The van der Waals surface area contributed by atoms with Gasteiger partial charge in [-0.3, -0.25) is 4.90 Å². The van der Waals surface area contributed by atoms with Crippen molar-refractivity contribution in [2.75, 3.05) is 26.2 Å². The van der Waals surface area contributed by atoms with E-state index in [-0.39, 0.29) is 12.6 Å². The summed E-state index contributed by atoms with van der Waals surface area (Å²) in [6.45, 7) is 5.84. The number of aliphatic carboxylic acids is 1. The molecule has 2 unspecified atom stereocenters. The van der Waals surface area contributed by atoms with Crippen LogP contribution >= 0.6 is 0 Å². The number of likely N-dealkylation sites (tertiary alicyclic amines) is 1. The minimum absolute atomic E-state index is 0.256. The third-order valence-electron chi connectivity index (χ3n) is 7.71. The first-order valence-electron chi connectivity index (χ1n) is 13.5. The van der Waals surface area contributed by atoms with E-state index in [1.807, 2.05) is 24.3 Å². The Morgan fingerprint density at radius 3 is 2.50 bits per heavy atom.